The molecule has 138 valence electrons. The minimum atomic E-state index is -0.918. The molecule has 2 heterocycles. The van der Waals surface area contributed by atoms with Crippen molar-refractivity contribution in [2.24, 2.45) is 5.73 Å². The predicted molar refractivity (Wildman–Crippen MR) is 90.8 cm³/mol. The Morgan fingerprint density at radius 3 is 2.88 bits per heavy atom. The van der Waals surface area contributed by atoms with E-state index in [4.69, 9.17) is 10.2 Å². The number of aryl methyl sites for hydroxylation is 1. The largest absolute Gasteiger partial charge is 0.445 e. The van der Waals surface area contributed by atoms with E-state index >= 15 is 0 Å². The van der Waals surface area contributed by atoms with E-state index in [1.54, 1.807) is 13.0 Å². The number of hydrogen-bond acceptors (Lipinski definition) is 5. The third-order valence-electron chi connectivity index (χ3n) is 4.07. The lowest BCUT2D eigenvalue weighted by Gasteiger charge is -2.36. The summed E-state index contributed by atoms with van der Waals surface area (Å²) in [6.07, 6.45) is 3.10. The van der Waals surface area contributed by atoms with Gasteiger partial charge in [0.2, 0.25) is 5.91 Å². The number of allylic oxidation sites excluding steroid dienone is 1. The van der Waals surface area contributed by atoms with Gasteiger partial charge < -0.3 is 20.4 Å². The van der Waals surface area contributed by atoms with E-state index in [0.29, 0.717) is 43.9 Å². The Kier molecular flexibility index (Phi) is 6.69. The molecule has 25 heavy (non-hydrogen) atoms. The summed E-state index contributed by atoms with van der Waals surface area (Å²) in [5, 5.41) is 2.78. The molecule has 0 aromatic carbocycles. The fourth-order valence-corrected chi connectivity index (χ4v) is 2.61. The number of oxazole rings is 1. The lowest BCUT2D eigenvalue weighted by molar-refractivity contribution is -0.139. The normalized spacial score (nSPS) is 15.6. The van der Waals surface area contributed by atoms with Gasteiger partial charge in [-0.15, -0.1) is 6.58 Å². The number of nitrogens with two attached hydrogens (primary N) is 1. The van der Waals surface area contributed by atoms with Crippen molar-refractivity contribution in [2.45, 2.75) is 44.8 Å². The molecule has 1 aliphatic heterocycles. The summed E-state index contributed by atoms with van der Waals surface area (Å²) in [6.45, 7) is 6.05. The van der Waals surface area contributed by atoms with Gasteiger partial charge in [0.05, 0.1) is 19.1 Å². The summed E-state index contributed by atoms with van der Waals surface area (Å²) in [5.74, 6) is 0.448. The standard InChI is InChI=1S/C17H25FN4O3/c1-3-6-14-21-15(11(2)25-14)16(23)20-8-5-4-7-13(19)17(24)22-9-12(18)10-22/h3,12-13H,1,4-10,19H2,2H3,(H,20,23). The number of nitrogens with one attached hydrogen (secondary N) is 1. The third kappa shape index (κ3) is 5.12. The predicted octanol–water partition coefficient (Wildman–Crippen LogP) is 1.12. The number of rotatable bonds is 9. The van der Waals surface area contributed by atoms with Crippen LogP contribution in [-0.4, -0.2) is 53.5 Å². The summed E-state index contributed by atoms with van der Waals surface area (Å²) in [4.78, 5) is 29.5. The van der Waals surface area contributed by atoms with Crippen molar-refractivity contribution < 1.29 is 18.4 Å². The van der Waals surface area contributed by atoms with Gasteiger partial charge in [0, 0.05) is 13.0 Å². The Morgan fingerprint density at radius 2 is 2.24 bits per heavy atom. The lowest BCUT2D eigenvalue weighted by atomic mass is 10.1. The molecular weight excluding hydrogens is 327 g/mol. The summed E-state index contributed by atoms with van der Waals surface area (Å²) >= 11 is 0. The molecule has 2 rings (SSSR count). The SMILES string of the molecule is C=CCc1nc(C(=O)NCCCCC(N)C(=O)N2CC(F)C2)c(C)o1. The average molecular weight is 352 g/mol. The van der Waals surface area contributed by atoms with Gasteiger partial charge >= 0.3 is 0 Å². The third-order valence-corrected chi connectivity index (χ3v) is 4.07. The first kappa shape index (κ1) is 19.1. The zero-order valence-corrected chi connectivity index (χ0v) is 14.5. The van der Waals surface area contributed by atoms with Crippen LogP contribution in [0, 0.1) is 6.92 Å². The smallest absolute Gasteiger partial charge is 0.273 e. The van der Waals surface area contributed by atoms with Crippen LogP contribution in [0.2, 0.25) is 0 Å². The van der Waals surface area contributed by atoms with Crippen molar-refractivity contribution in [1.82, 2.24) is 15.2 Å². The number of carbonyl (C=O) groups excluding carboxylic acids is 2. The van der Waals surface area contributed by atoms with E-state index in [1.165, 1.54) is 4.90 Å². The molecule has 3 N–H and O–H groups in total. The summed E-state index contributed by atoms with van der Waals surface area (Å²) in [7, 11) is 0. The van der Waals surface area contributed by atoms with E-state index in [1.807, 2.05) is 0 Å². The number of aromatic nitrogens is 1. The minimum absolute atomic E-state index is 0.146. The number of amides is 2. The fourth-order valence-electron chi connectivity index (χ4n) is 2.61. The second kappa shape index (κ2) is 8.75. The van der Waals surface area contributed by atoms with Gasteiger partial charge in [-0.3, -0.25) is 9.59 Å². The van der Waals surface area contributed by atoms with Gasteiger partial charge in [-0.1, -0.05) is 6.08 Å². The molecule has 0 radical (unpaired) electrons. The van der Waals surface area contributed by atoms with Gasteiger partial charge in [-0.25, -0.2) is 9.37 Å². The molecule has 1 fully saturated rings. The number of carbonyl (C=O) groups is 2. The molecular formula is C17H25FN4O3. The van der Waals surface area contributed by atoms with Crippen LogP contribution in [0.4, 0.5) is 4.39 Å². The number of hydrogen-bond donors (Lipinski definition) is 2. The molecule has 1 atom stereocenters. The zero-order valence-electron chi connectivity index (χ0n) is 14.5. The molecule has 0 aliphatic carbocycles. The Morgan fingerprint density at radius 1 is 1.52 bits per heavy atom. The molecule has 1 aromatic rings. The molecule has 0 bridgehead atoms. The topological polar surface area (TPSA) is 101 Å². The summed E-state index contributed by atoms with van der Waals surface area (Å²) in [6, 6.07) is -0.609. The summed E-state index contributed by atoms with van der Waals surface area (Å²) < 4.78 is 18.1. The molecule has 1 unspecified atom stereocenters. The highest BCUT2D eigenvalue weighted by molar-refractivity contribution is 5.93. The first-order chi connectivity index (χ1) is 11.9. The van der Waals surface area contributed by atoms with Crippen molar-refractivity contribution in [3.8, 4) is 0 Å². The number of halogens is 1. The van der Waals surface area contributed by atoms with Crippen molar-refractivity contribution >= 4 is 11.8 Å². The average Bonchev–Trinajstić information content (AvgIpc) is 2.91. The molecule has 1 saturated heterocycles. The van der Waals surface area contributed by atoms with Gasteiger partial charge in [0.25, 0.3) is 5.91 Å². The van der Waals surface area contributed by atoms with Gasteiger partial charge in [-0.05, 0) is 26.2 Å². The molecule has 1 aliphatic rings. The maximum absolute atomic E-state index is 12.7. The van der Waals surface area contributed by atoms with Crippen LogP contribution in [0.25, 0.3) is 0 Å². The Bertz CT molecular complexity index is 625. The van der Waals surface area contributed by atoms with Crippen LogP contribution >= 0.6 is 0 Å². The van der Waals surface area contributed by atoms with Crippen LogP contribution in [0.1, 0.15) is 41.4 Å². The molecule has 0 saturated carbocycles. The Hall–Kier alpha value is -2.22. The van der Waals surface area contributed by atoms with Crippen LogP contribution in [-0.2, 0) is 11.2 Å². The van der Waals surface area contributed by atoms with E-state index < -0.39 is 12.2 Å². The van der Waals surface area contributed by atoms with Crippen molar-refractivity contribution in [3.05, 3.63) is 30.0 Å². The second-order valence-electron chi connectivity index (χ2n) is 6.20. The van der Waals surface area contributed by atoms with Crippen molar-refractivity contribution in [1.29, 1.82) is 0 Å². The highest BCUT2D eigenvalue weighted by Crippen LogP contribution is 2.14. The van der Waals surface area contributed by atoms with Crippen LogP contribution in [0.3, 0.4) is 0 Å². The van der Waals surface area contributed by atoms with Crippen LogP contribution in [0.5, 0.6) is 0 Å². The summed E-state index contributed by atoms with van der Waals surface area (Å²) in [5.41, 5.74) is 6.11. The lowest BCUT2D eigenvalue weighted by Crippen LogP contribution is -2.56. The molecule has 7 nitrogen and oxygen atoms in total. The zero-order chi connectivity index (χ0) is 18.4. The van der Waals surface area contributed by atoms with Gasteiger partial charge in [0.15, 0.2) is 11.6 Å². The molecule has 0 spiro atoms. The Labute approximate surface area is 146 Å². The second-order valence-corrected chi connectivity index (χ2v) is 6.20. The maximum Gasteiger partial charge on any atom is 0.273 e. The first-order valence-electron chi connectivity index (χ1n) is 8.46. The number of likely N-dealkylation sites (tertiary alicyclic amines) is 1. The molecule has 1 aromatic heterocycles. The number of unbranched alkanes of at least 4 members (excludes halogenated alkanes) is 1. The van der Waals surface area contributed by atoms with E-state index in [9.17, 15) is 14.0 Å². The van der Waals surface area contributed by atoms with Crippen LogP contribution in [0.15, 0.2) is 17.1 Å². The Balaban J connectivity index is 1.64. The maximum atomic E-state index is 12.7. The fraction of sp³-hybridized carbons (Fsp3) is 0.588. The van der Waals surface area contributed by atoms with E-state index in [-0.39, 0.29) is 30.6 Å². The quantitative estimate of drug-likeness (QED) is 0.512. The highest BCUT2D eigenvalue weighted by atomic mass is 19.1. The highest BCUT2D eigenvalue weighted by Gasteiger charge is 2.32. The van der Waals surface area contributed by atoms with E-state index in [2.05, 4.69) is 16.9 Å². The monoisotopic (exact) mass is 352 g/mol. The van der Waals surface area contributed by atoms with Crippen molar-refractivity contribution in [2.75, 3.05) is 19.6 Å². The van der Waals surface area contributed by atoms with E-state index in [0.717, 1.165) is 0 Å². The first-order valence-corrected chi connectivity index (χ1v) is 8.46. The van der Waals surface area contributed by atoms with Crippen LogP contribution < -0.4 is 11.1 Å². The van der Waals surface area contributed by atoms with Gasteiger partial charge in [-0.2, -0.15) is 0 Å². The number of alkyl halides is 1. The number of nitrogens with zero attached hydrogens (tertiary/aromatic N) is 2. The molecule has 8 heteroatoms. The van der Waals surface area contributed by atoms with Gasteiger partial charge in [0.1, 0.15) is 11.9 Å². The van der Waals surface area contributed by atoms with Crippen molar-refractivity contribution in [3.63, 3.8) is 0 Å². The minimum Gasteiger partial charge on any atom is -0.445 e. The molecule has 2 amide bonds.